The molecule has 11 heteroatoms. The normalized spacial score (nSPS) is 18.7. The van der Waals surface area contributed by atoms with E-state index in [0.29, 0.717) is 35.1 Å². The Morgan fingerprint density at radius 1 is 1.29 bits per heavy atom. The first kappa shape index (κ1) is 23.0. The van der Waals surface area contributed by atoms with Crippen molar-refractivity contribution in [2.24, 2.45) is 10.9 Å². The molecular weight excluding hydrogens is 494 g/mol. The van der Waals surface area contributed by atoms with E-state index in [-0.39, 0.29) is 16.7 Å². The molecule has 0 bridgehead atoms. The van der Waals surface area contributed by atoms with Crippen LogP contribution in [0.4, 0.5) is 0 Å². The van der Waals surface area contributed by atoms with Crippen LogP contribution in [0.25, 0.3) is 10.2 Å². The minimum Gasteiger partial charge on any atom is -0.317 e. The van der Waals surface area contributed by atoms with Crippen LogP contribution in [-0.4, -0.2) is 42.5 Å². The summed E-state index contributed by atoms with van der Waals surface area (Å²) < 4.78 is 31.0. The molecule has 1 unspecified atom stereocenters. The Labute approximate surface area is 198 Å². The van der Waals surface area contributed by atoms with E-state index in [2.05, 4.69) is 23.2 Å². The molecule has 3 aromatic rings. The fourth-order valence-corrected chi connectivity index (χ4v) is 8.50. The molecule has 0 aliphatic carbocycles. The monoisotopic (exact) mass is 515 g/mol. The van der Waals surface area contributed by atoms with Gasteiger partial charge < -0.3 is 4.57 Å². The molecule has 31 heavy (non-hydrogen) atoms. The number of carbonyl (C=O) groups excluding carboxylic acids is 1. The number of nitrogens with zero attached hydrogens (tertiary/aromatic N) is 3. The second kappa shape index (κ2) is 9.36. The Kier molecular flexibility index (Phi) is 6.95. The van der Waals surface area contributed by atoms with Crippen LogP contribution >= 0.6 is 46.0 Å². The molecule has 0 radical (unpaired) electrons. The van der Waals surface area contributed by atoms with Crippen LogP contribution in [0.1, 0.15) is 19.8 Å². The lowest BCUT2D eigenvalue weighted by molar-refractivity contribution is -0.122. The third-order valence-electron chi connectivity index (χ3n) is 5.29. The molecular formula is C20H22ClN3O3S4. The van der Waals surface area contributed by atoms with Gasteiger partial charge in [-0.25, -0.2) is 8.42 Å². The number of carbonyl (C=O) groups is 1. The van der Waals surface area contributed by atoms with Crippen molar-refractivity contribution < 1.29 is 13.2 Å². The maximum absolute atomic E-state index is 13.0. The summed E-state index contributed by atoms with van der Waals surface area (Å²) in [6.07, 6.45) is 3.29. The highest BCUT2D eigenvalue weighted by Crippen LogP contribution is 2.31. The van der Waals surface area contributed by atoms with Crippen LogP contribution in [0.2, 0.25) is 4.34 Å². The van der Waals surface area contributed by atoms with Crippen molar-refractivity contribution in [1.29, 1.82) is 0 Å². The van der Waals surface area contributed by atoms with Gasteiger partial charge in [-0.05, 0) is 56.4 Å². The van der Waals surface area contributed by atoms with E-state index < -0.39 is 15.9 Å². The van der Waals surface area contributed by atoms with Gasteiger partial charge in [0.15, 0.2) is 4.80 Å². The summed E-state index contributed by atoms with van der Waals surface area (Å²) in [5.41, 5.74) is 1.05. The quantitative estimate of drug-likeness (QED) is 0.462. The average Bonchev–Trinajstić information content (AvgIpc) is 3.36. The highest BCUT2D eigenvalue weighted by molar-refractivity contribution is 7.98. The van der Waals surface area contributed by atoms with Gasteiger partial charge in [-0.1, -0.05) is 22.9 Å². The molecule has 6 nitrogen and oxygen atoms in total. The molecule has 4 rings (SSSR count). The maximum atomic E-state index is 13.0. The number of rotatable bonds is 5. The molecule has 1 fully saturated rings. The van der Waals surface area contributed by atoms with Crippen molar-refractivity contribution in [2.75, 3.05) is 19.3 Å². The fraction of sp³-hybridized carbons (Fsp3) is 0.400. The Morgan fingerprint density at radius 3 is 2.77 bits per heavy atom. The topological polar surface area (TPSA) is 71.7 Å². The molecule has 166 valence electrons. The number of aryl methyl sites for hydroxylation is 1. The Morgan fingerprint density at radius 2 is 2.10 bits per heavy atom. The molecule has 2 aromatic heterocycles. The summed E-state index contributed by atoms with van der Waals surface area (Å²) in [4.78, 5) is 19.3. The van der Waals surface area contributed by atoms with Gasteiger partial charge >= 0.3 is 0 Å². The minimum atomic E-state index is -3.65. The number of benzene rings is 1. The SMILES string of the molecule is CCn1c(=NC(=O)C2CCCN(S(=O)(=O)c3ccc(Cl)s3)C2)sc2cc(SC)ccc21. The first-order valence-electron chi connectivity index (χ1n) is 9.85. The zero-order chi connectivity index (χ0) is 22.2. The molecule has 1 aliphatic rings. The molecule has 1 aromatic carbocycles. The van der Waals surface area contributed by atoms with Gasteiger partial charge in [0.2, 0.25) is 0 Å². The van der Waals surface area contributed by atoms with E-state index >= 15 is 0 Å². The number of aromatic nitrogens is 1. The van der Waals surface area contributed by atoms with Gasteiger partial charge in [0.25, 0.3) is 15.9 Å². The van der Waals surface area contributed by atoms with Crippen LogP contribution in [-0.2, 0) is 21.4 Å². The fourth-order valence-electron chi connectivity index (χ4n) is 3.68. The van der Waals surface area contributed by atoms with Crippen LogP contribution in [0.15, 0.2) is 44.4 Å². The maximum Gasteiger partial charge on any atom is 0.252 e. The molecule has 1 amide bonds. The first-order valence-corrected chi connectivity index (χ1v) is 14.5. The number of halogens is 1. The Hall–Kier alpha value is -1.17. The molecule has 0 spiro atoms. The summed E-state index contributed by atoms with van der Waals surface area (Å²) >= 11 is 10.1. The van der Waals surface area contributed by atoms with Crippen LogP contribution in [0.3, 0.4) is 0 Å². The molecule has 1 saturated heterocycles. The van der Waals surface area contributed by atoms with E-state index in [1.54, 1.807) is 17.8 Å². The lowest BCUT2D eigenvalue weighted by Gasteiger charge is -2.29. The number of hydrogen-bond donors (Lipinski definition) is 0. The highest BCUT2D eigenvalue weighted by Gasteiger charge is 2.34. The number of piperidine rings is 1. The zero-order valence-electron chi connectivity index (χ0n) is 17.1. The smallest absolute Gasteiger partial charge is 0.252 e. The molecule has 1 aliphatic heterocycles. The second-order valence-corrected chi connectivity index (χ2v) is 12.9. The van der Waals surface area contributed by atoms with Crippen molar-refractivity contribution in [3.05, 3.63) is 39.5 Å². The number of amides is 1. The Bertz CT molecular complexity index is 1290. The molecule has 0 N–H and O–H groups in total. The predicted octanol–water partition coefficient (Wildman–Crippen LogP) is 4.69. The van der Waals surface area contributed by atoms with Crippen molar-refractivity contribution in [3.8, 4) is 0 Å². The average molecular weight is 516 g/mol. The van der Waals surface area contributed by atoms with E-state index in [0.717, 1.165) is 26.4 Å². The van der Waals surface area contributed by atoms with Crippen LogP contribution in [0, 0.1) is 5.92 Å². The Balaban J connectivity index is 1.62. The summed E-state index contributed by atoms with van der Waals surface area (Å²) in [5.74, 6) is -0.709. The third kappa shape index (κ3) is 4.65. The predicted molar refractivity (Wildman–Crippen MR) is 129 cm³/mol. The van der Waals surface area contributed by atoms with E-state index in [1.165, 1.54) is 21.7 Å². The van der Waals surface area contributed by atoms with Gasteiger partial charge in [0.1, 0.15) is 4.21 Å². The van der Waals surface area contributed by atoms with Gasteiger partial charge in [0, 0.05) is 24.5 Å². The second-order valence-electron chi connectivity index (χ2n) is 7.17. The standard InChI is InChI=1S/C20H22ClN3O3S4/c1-3-24-15-7-6-14(28-2)11-16(15)29-20(24)22-19(25)13-5-4-10-23(12-13)31(26,27)18-9-8-17(21)30-18/h6-9,11,13H,3-5,10,12H2,1-2H3. The van der Waals surface area contributed by atoms with Crippen molar-refractivity contribution in [2.45, 2.75) is 35.4 Å². The lowest BCUT2D eigenvalue weighted by Crippen LogP contribution is -2.42. The van der Waals surface area contributed by atoms with E-state index in [9.17, 15) is 13.2 Å². The van der Waals surface area contributed by atoms with Crippen LogP contribution < -0.4 is 4.80 Å². The molecule has 3 heterocycles. The summed E-state index contributed by atoms with van der Waals surface area (Å²) in [7, 11) is -3.65. The first-order chi connectivity index (χ1) is 14.8. The number of thioether (sulfide) groups is 1. The van der Waals surface area contributed by atoms with Gasteiger partial charge in [-0.3, -0.25) is 4.79 Å². The molecule has 0 saturated carbocycles. The minimum absolute atomic E-state index is 0.147. The lowest BCUT2D eigenvalue weighted by atomic mass is 9.99. The van der Waals surface area contributed by atoms with Crippen LogP contribution in [0.5, 0.6) is 0 Å². The van der Waals surface area contributed by atoms with Gasteiger partial charge in [0.05, 0.1) is 20.5 Å². The number of sulfonamides is 1. The summed E-state index contributed by atoms with van der Waals surface area (Å²) in [6.45, 7) is 3.28. The zero-order valence-corrected chi connectivity index (χ0v) is 21.1. The highest BCUT2D eigenvalue weighted by atomic mass is 35.5. The molecule has 1 atom stereocenters. The summed E-state index contributed by atoms with van der Waals surface area (Å²) in [6, 6.07) is 9.34. The van der Waals surface area contributed by atoms with E-state index in [1.807, 2.05) is 17.7 Å². The number of fused-ring (bicyclic) bond motifs is 1. The third-order valence-corrected chi connectivity index (χ3v) is 10.6. The number of thiophene rings is 1. The van der Waals surface area contributed by atoms with Gasteiger partial charge in [-0.2, -0.15) is 9.30 Å². The van der Waals surface area contributed by atoms with E-state index in [4.69, 9.17) is 11.6 Å². The summed E-state index contributed by atoms with van der Waals surface area (Å²) in [5, 5.41) is 0. The van der Waals surface area contributed by atoms with Crippen molar-refractivity contribution in [3.63, 3.8) is 0 Å². The largest absolute Gasteiger partial charge is 0.317 e. The van der Waals surface area contributed by atoms with Crippen molar-refractivity contribution in [1.82, 2.24) is 8.87 Å². The number of hydrogen-bond acceptors (Lipinski definition) is 6. The van der Waals surface area contributed by atoms with Crippen molar-refractivity contribution >= 4 is 72.2 Å². The van der Waals surface area contributed by atoms with Gasteiger partial charge in [-0.15, -0.1) is 23.1 Å². The number of thiazole rings is 1.